The van der Waals surface area contributed by atoms with Crippen molar-refractivity contribution in [2.45, 2.75) is 25.5 Å². The van der Waals surface area contributed by atoms with Gasteiger partial charge in [0.25, 0.3) is 10.0 Å². The van der Waals surface area contributed by atoms with Crippen LogP contribution in [0, 0.1) is 13.8 Å². The smallest absolute Gasteiger partial charge is 0.281 e. The molecule has 0 amide bonds. The normalized spacial score (nSPS) is 11.7. The molecule has 21 heavy (non-hydrogen) atoms. The molecule has 6 nitrogen and oxygen atoms in total. The Labute approximate surface area is 139 Å². The number of hydrogen-bond acceptors (Lipinski definition) is 4. The molecule has 1 aromatic heterocycles. The Kier molecular flexibility index (Phi) is 4.76. The molecule has 0 bridgehead atoms. The van der Waals surface area contributed by atoms with E-state index in [0.717, 1.165) is 5.56 Å². The average molecular weight is 439 g/mol. The fourth-order valence-corrected chi connectivity index (χ4v) is 4.99. The van der Waals surface area contributed by atoms with E-state index in [9.17, 15) is 13.5 Å². The van der Waals surface area contributed by atoms with Crippen LogP contribution >= 0.6 is 31.9 Å². The van der Waals surface area contributed by atoms with Crippen LogP contribution in [-0.4, -0.2) is 23.7 Å². The van der Waals surface area contributed by atoms with Crippen molar-refractivity contribution in [3.05, 3.63) is 37.9 Å². The highest BCUT2D eigenvalue weighted by molar-refractivity contribution is 9.11. The molecule has 9 heteroatoms. The summed E-state index contributed by atoms with van der Waals surface area (Å²) in [6.07, 6.45) is 0. The van der Waals surface area contributed by atoms with Gasteiger partial charge in [0.2, 0.25) is 5.03 Å². The lowest BCUT2D eigenvalue weighted by Crippen LogP contribution is -2.16. The SMILES string of the molecule is Cc1cc(Br)c(NS(=O)(=O)c2n[nH]c(C)c2CO)c(Br)c1. The van der Waals surface area contributed by atoms with Gasteiger partial charge in [0.05, 0.1) is 12.3 Å². The number of benzene rings is 1. The van der Waals surface area contributed by atoms with Gasteiger partial charge in [0.15, 0.2) is 0 Å². The Balaban J connectivity index is 2.47. The number of aromatic amines is 1. The van der Waals surface area contributed by atoms with Gasteiger partial charge >= 0.3 is 0 Å². The molecule has 3 N–H and O–H groups in total. The molecule has 1 aromatic carbocycles. The summed E-state index contributed by atoms with van der Waals surface area (Å²) in [6.45, 7) is 3.14. The van der Waals surface area contributed by atoms with Crippen LogP contribution in [0.5, 0.6) is 0 Å². The van der Waals surface area contributed by atoms with E-state index in [1.54, 1.807) is 19.1 Å². The molecular weight excluding hydrogens is 426 g/mol. The molecule has 0 saturated heterocycles. The highest BCUT2D eigenvalue weighted by atomic mass is 79.9. The van der Waals surface area contributed by atoms with Crippen molar-refractivity contribution in [1.82, 2.24) is 10.2 Å². The van der Waals surface area contributed by atoms with E-state index in [1.807, 2.05) is 6.92 Å². The third kappa shape index (κ3) is 3.31. The van der Waals surface area contributed by atoms with Gasteiger partial charge in [-0.25, -0.2) is 0 Å². The molecule has 0 fully saturated rings. The summed E-state index contributed by atoms with van der Waals surface area (Å²) in [5, 5.41) is 15.4. The second kappa shape index (κ2) is 6.07. The van der Waals surface area contributed by atoms with Crippen molar-refractivity contribution in [2.75, 3.05) is 4.72 Å². The molecule has 2 rings (SSSR count). The molecule has 0 unspecified atom stereocenters. The summed E-state index contributed by atoms with van der Waals surface area (Å²) in [5.41, 5.74) is 2.12. The van der Waals surface area contributed by atoms with Gasteiger partial charge in [-0.15, -0.1) is 0 Å². The number of hydrogen-bond donors (Lipinski definition) is 3. The monoisotopic (exact) mass is 437 g/mol. The molecule has 0 radical (unpaired) electrons. The maximum Gasteiger partial charge on any atom is 0.281 e. The van der Waals surface area contributed by atoms with Crippen molar-refractivity contribution in [1.29, 1.82) is 0 Å². The summed E-state index contributed by atoms with van der Waals surface area (Å²) >= 11 is 6.66. The Morgan fingerprint density at radius 3 is 2.38 bits per heavy atom. The zero-order chi connectivity index (χ0) is 15.8. The lowest BCUT2D eigenvalue weighted by atomic mass is 10.2. The Morgan fingerprint density at radius 1 is 1.29 bits per heavy atom. The summed E-state index contributed by atoms with van der Waals surface area (Å²) in [5.74, 6) is 0. The first kappa shape index (κ1) is 16.5. The maximum atomic E-state index is 12.4. The van der Waals surface area contributed by atoms with E-state index < -0.39 is 16.6 Å². The quantitative estimate of drug-likeness (QED) is 0.683. The van der Waals surface area contributed by atoms with E-state index in [1.165, 1.54) is 0 Å². The molecule has 0 atom stereocenters. The highest BCUT2D eigenvalue weighted by Gasteiger charge is 2.25. The molecule has 0 saturated carbocycles. The standard InChI is InChI=1S/C12H13Br2N3O3S/c1-6-3-9(13)11(10(14)4-6)17-21(19,20)12-8(5-18)7(2)15-16-12/h3-4,17-18H,5H2,1-2H3,(H,15,16). The first-order valence-electron chi connectivity index (χ1n) is 5.89. The number of H-pyrrole nitrogens is 1. The lowest BCUT2D eigenvalue weighted by molar-refractivity contribution is 0.277. The molecule has 114 valence electrons. The van der Waals surface area contributed by atoms with Gasteiger partial charge in [-0.1, -0.05) is 0 Å². The fourth-order valence-electron chi connectivity index (χ4n) is 1.82. The number of rotatable bonds is 4. The topological polar surface area (TPSA) is 95.1 Å². The number of halogens is 2. The highest BCUT2D eigenvalue weighted by Crippen LogP contribution is 2.34. The molecule has 1 heterocycles. The van der Waals surface area contributed by atoms with Crippen molar-refractivity contribution >= 4 is 47.6 Å². The number of nitrogens with zero attached hydrogens (tertiary/aromatic N) is 1. The van der Waals surface area contributed by atoms with E-state index in [-0.39, 0.29) is 10.6 Å². The molecule has 0 aliphatic rings. The van der Waals surface area contributed by atoms with Gasteiger partial charge in [-0.05, 0) is 63.4 Å². The second-order valence-corrected chi connectivity index (χ2v) is 7.81. The number of aliphatic hydroxyl groups excluding tert-OH is 1. The zero-order valence-corrected chi connectivity index (χ0v) is 15.2. The largest absolute Gasteiger partial charge is 0.392 e. The summed E-state index contributed by atoms with van der Waals surface area (Å²) in [6, 6.07) is 3.59. The van der Waals surface area contributed by atoms with Crippen LogP contribution in [0.15, 0.2) is 26.1 Å². The van der Waals surface area contributed by atoms with Gasteiger partial charge in [-0.3, -0.25) is 9.82 Å². The van der Waals surface area contributed by atoms with Crippen molar-refractivity contribution in [3.63, 3.8) is 0 Å². The first-order valence-corrected chi connectivity index (χ1v) is 8.96. The van der Waals surface area contributed by atoms with Crippen LogP contribution in [0.25, 0.3) is 0 Å². The molecule has 0 aliphatic carbocycles. The van der Waals surface area contributed by atoms with Crippen LogP contribution in [0.2, 0.25) is 0 Å². The van der Waals surface area contributed by atoms with Crippen LogP contribution in [0.4, 0.5) is 5.69 Å². The van der Waals surface area contributed by atoms with E-state index in [4.69, 9.17) is 0 Å². The third-order valence-corrected chi connectivity index (χ3v) is 5.44. The molecule has 0 aliphatic heterocycles. The number of aromatic nitrogens is 2. The van der Waals surface area contributed by atoms with Crippen molar-refractivity contribution in [3.8, 4) is 0 Å². The van der Waals surface area contributed by atoms with Crippen molar-refractivity contribution in [2.24, 2.45) is 0 Å². The number of sulfonamides is 1. The van der Waals surface area contributed by atoms with Gasteiger partial charge in [0, 0.05) is 20.2 Å². The lowest BCUT2D eigenvalue weighted by Gasteiger charge is -2.12. The molecular formula is C12H13Br2N3O3S. The van der Waals surface area contributed by atoms with Crippen LogP contribution < -0.4 is 4.72 Å². The maximum absolute atomic E-state index is 12.4. The summed E-state index contributed by atoms with van der Waals surface area (Å²) in [4.78, 5) is 0. The van der Waals surface area contributed by atoms with Gasteiger partial charge in [-0.2, -0.15) is 13.5 Å². The molecule has 2 aromatic rings. The summed E-state index contributed by atoms with van der Waals surface area (Å²) < 4.78 is 28.6. The number of aliphatic hydroxyl groups is 1. The van der Waals surface area contributed by atoms with Gasteiger partial charge in [0.1, 0.15) is 0 Å². The number of nitrogens with one attached hydrogen (secondary N) is 2. The minimum Gasteiger partial charge on any atom is -0.392 e. The van der Waals surface area contributed by atoms with Gasteiger partial charge < -0.3 is 5.11 Å². The Bertz CT molecular complexity index is 764. The van der Waals surface area contributed by atoms with E-state index in [0.29, 0.717) is 20.3 Å². The predicted molar refractivity (Wildman–Crippen MR) is 86.6 cm³/mol. The second-order valence-electron chi connectivity index (χ2n) is 4.50. The summed E-state index contributed by atoms with van der Waals surface area (Å²) in [7, 11) is -3.91. The van der Waals surface area contributed by atoms with Crippen molar-refractivity contribution < 1.29 is 13.5 Å². The minimum atomic E-state index is -3.91. The molecule has 0 spiro atoms. The first-order chi connectivity index (χ1) is 9.76. The average Bonchev–Trinajstić information content (AvgIpc) is 2.75. The number of anilines is 1. The number of aryl methyl sites for hydroxylation is 2. The van der Waals surface area contributed by atoms with E-state index in [2.05, 4.69) is 46.8 Å². The predicted octanol–water partition coefficient (Wildman–Crippen LogP) is 2.84. The van der Waals surface area contributed by atoms with E-state index >= 15 is 0 Å². The van der Waals surface area contributed by atoms with Crippen LogP contribution in [-0.2, 0) is 16.6 Å². The Hall–Kier alpha value is -0.900. The zero-order valence-electron chi connectivity index (χ0n) is 11.2. The van der Waals surface area contributed by atoms with Crippen LogP contribution in [0.3, 0.4) is 0 Å². The fraction of sp³-hybridized carbons (Fsp3) is 0.250. The minimum absolute atomic E-state index is 0.207. The van der Waals surface area contributed by atoms with Crippen LogP contribution in [0.1, 0.15) is 16.8 Å². The third-order valence-electron chi connectivity index (χ3n) is 2.87. The Morgan fingerprint density at radius 2 is 1.86 bits per heavy atom.